The number of anilines is 1. The summed E-state index contributed by atoms with van der Waals surface area (Å²) in [6, 6.07) is 0. The maximum Gasteiger partial charge on any atom is 0.406 e. The van der Waals surface area contributed by atoms with Gasteiger partial charge in [-0.05, 0) is 25.9 Å². The average molecular weight is 474 g/mol. The molecule has 5 heterocycles. The molecule has 10 nitrogen and oxygen atoms in total. The number of aryl methyl sites for hydroxylation is 1. The highest BCUT2D eigenvalue weighted by Gasteiger charge is 2.30. The predicted molar refractivity (Wildman–Crippen MR) is 119 cm³/mol. The van der Waals surface area contributed by atoms with Crippen LogP contribution in [0, 0.1) is 0 Å². The maximum atomic E-state index is 12.8. The third-order valence-electron chi connectivity index (χ3n) is 6.30. The molecule has 1 aliphatic rings. The zero-order chi connectivity index (χ0) is 23.9. The van der Waals surface area contributed by atoms with Gasteiger partial charge in [-0.1, -0.05) is 0 Å². The zero-order valence-corrected chi connectivity index (χ0v) is 18.9. The van der Waals surface area contributed by atoms with Crippen LogP contribution in [-0.4, -0.2) is 83.6 Å². The quantitative estimate of drug-likeness (QED) is 0.421. The van der Waals surface area contributed by atoms with Crippen molar-refractivity contribution in [2.24, 2.45) is 7.05 Å². The van der Waals surface area contributed by atoms with Crippen LogP contribution in [0.1, 0.15) is 24.5 Å². The zero-order valence-electron chi connectivity index (χ0n) is 18.9. The number of nitrogens with zero attached hydrogens (tertiary/aromatic N) is 10. The summed E-state index contributed by atoms with van der Waals surface area (Å²) in [6.07, 6.45) is 3.45. The summed E-state index contributed by atoms with van der Waals surface area (Å²) in [5.74, 6) is 0.868. The van der Waals surface area contributed by atoms with Gasteiger partial charge in [-0.3, -0.25) is 0 Å². The normalized spacial score (nSPS) is 16.0. The molecule has 0 radical (unpaired) electrons. The van der Waals surface area contributed by atoms with Crippen LogP contribution < -0.4 is 4.90 Å². The van der Waals surface area contributed by atoms with Crippen LogP contribution in [0.5, 0.6) is 0 Å². The van der Waals surface area contributed by atoms with Gasteiger partial charge in [-0.15, -0.1) is 0 Å². The molecule has 1 saturated heterocycles. The van der Waals surface area contributed by atoms with E-state index < -0.39 is 12.7 Å². The summed E-state index contributed by atoms with van der Waals surface area (Å²) in [6.45, 7) is 2.20. The molecular formula is C21H25F3N10. The van der Waals surface area contributed by atoms with Gasteiger partial charge < -0.3 is 14.4 Å². The lowest BCUT2D eigenvalue weighted by Crippen LogP contribution is -2.38. The van der Waals surface area contributed by atoms with Crippen LogP contribution >= 0.6 is 0 Å². The first kappa shape index (κ1) is 22.4. The van der Waals surface area contributed by atoms with E-state index in [2.05, 4.69) is 34.9 Å². The largest absolute Gasteiger partial charge is 0.406 e. The number of fused-ring (bicyclic) bond motifs is 2. The van der Waals surface area contributed by atoms with Crippen LogP contribution in [0.25, 0.3) is 22.3 Å². The maximum absolute atomic E-state index is 12.8. The molecule has 13 heteroatoms. The van der Waals surface area contributed by atoms with E-state index >= 15 is 0 Å². The van der Waals surface area contributed by atoms with E-state index in [1.807, 2.05) is 19.0 Å². The van der Waals surface area contributed by atoms with E-state index in [1.165, 1.54) is 12.7 Å². The van der Waals surface area contributed by atoms with Gasteiger partial charge in [0.2, 0.25) is 0 Å². The molecule has 1 fully saturated rings. The van der Waals surface area contributed by atoms with Gasteiger partial charge in [0.25, 0.3) is 0 Å². The number of aromatic nitrogens is 8. The molecule has 0 N–H and O–H groups in total. The molecule has 0 spiro atoms. The molecular weight excluding hydrogens is 449 g/mol. The van der Waals surface area contributed by atoms with Gasteiger partial charge in [0, 0.05) is 45.5 Å². The molecule has 0 unspecified atom stereocenters. The molecule has 0 atom stereocenters. The second-order valence-electron chi connectivity index (χ2n) is 8.63. The molecule has 1 aliphatic heterocycles. The van der Waals surface area contributed by atoms with Crippen molar-refractivity contribution in [3.8, 4) is 0 Å². The Hall–Kier alpha value is -3.35. The number of hydrogen-bond acceptors (Lipinski definition) is 8. The topological polar surface area (TPSA) is 93.7 Å². The molecule has 4 aromatic rings. The average Bonchev–Trinajstić information content (AvgIpc) is 3.38. The van der Waals surface area contributed by atoms with Gasteiger partial charge in [0.15, 0.2) is 22.6 Å². The number of likely N-dealkylation sites (tertiary alicyclic amines) is 1. The van der Waals surface area contributed by atoms with Crippen molar-refractivity contribution in [3.63, 3.8) is 0 Å². The minimum absolute atomic E-state index is 0.181. The van der Waals surface area contributed by atoms with E-state index in [0.717, 1.165) is 53.9 Å². The fourth-order valence-electron chi connectivity index (χ4n) is 4.56. The standard InChI is InChI=1S/C21H25F3N10/c1-31(18-17-20(28-12-27-18)34(13-29-17)11-21(22,23)24)9-10-33-7-3-14(4-8-33)15-16-19(32(2)30-15)26-6-5-25-16/h5-6,12-14H,3-4,7-11H2,1-2H3. The van der Waals surface area contributed by atoms with Crippen LogP contribution in [0.3, 0.4) is 0 Å². The highest BCUT2D eigenvalue weighted by Crippen LogP contribution is 2.31. The van der Waals surface area contributed by atoms with E-state index in [4.69, 9.17) is 0 Å². The number of likely N-dealkylation sites (N-methyl/N-ethyl adjacent to an activating group) is 1. The fraction of sp³-hybridized carbons (Fsp3) is 0.524. The monoisotopic (exact) mass is 474 g/mol. The van der Waals surface area contributed by atoms with E-state index in [9.17, 15) is 13.2 Å². The van der Waals surface area contributed by atoms with Crippen molar-refractivity contribution < 1.29 is 13.2 Å². The molecule has 0 bridgehead atoms. The molecule has 34 heavy (non-hydrogen) atoms. The minimum Gasteiger partial charge on any atom is -0.356 e. The molecule has 5 rings (SSSR count). The van der Waals surface area contributed by atoms with Gasteiger partial charge >= 0.3 is 6.18 Å². The van der Waals surface area contributed by atoms with E-state index in [0.29, 0.717) is 23.8 Å². The lowest BCUT2D eigenvalue weighted by molar-refractivity contribution is -0.140. The first-order chi connectivity index (χ1) is 16.3. The number of rotatable bonds is 6. The van der Waals surface area contributed by atoms with Crippen LogP contribution in [-0.2, 0) is 13.6 Å². The molecule has 0 aliphatic carbocycles. The summed E-state index contributed by atoms with van der Waals surface area (Å²) in [5.41, 5.74) is 3.24. The fourth-order valence-corrected chi connectivity index (χ4v) is 4.56. The van der Waals surface area contributed by atoms with Crippen molar-refractivity contribution in [2.45, 2.75) is 31.5 Å². The second-order valence-corrected chi connectivity index (χ2v) is 8.63. The molecule has 0 aromatic carbocycles. The van der Waals surface area contributed by atoms with Crippen molar-refractivity contribution in [3.05, 3.63) is 30.7 Å². The summed E-state index contributed by atoms with van der Waals surface area (Å²) >= 11 is 0. The van der Waals surface area contributed by atoms with Crippen LogP contribution in [0.4, 0.5) is 19.0 Å². The Kier molecular flexibility index (Phi) is 5.80. The Morgan fingerprint density at radius 2 is 1.76 bits per heavy atom. The summed E-state index contributed by atoms with van der Waals surface area (Å²) in [4.78, 5) is 25.6. The van der Waals surface area contributed by atoms with Crippen LogP contribution in [0.2, 0.25) is 0 Å². The van der Waals surface area contributed by atoms with Crippen molar-refractivity contribution in [1.29, 1.82) is 0 Å². The van der Waals surface area contributed by atoms with Gasteiger partial charge in [0.05, 0.1) is 12.0 Å². The molecule has 0 saturated carbocycles. The number of piperidine rings is 1. The number of halogens is 3. The highest BCUT2D eigenvalue weighted by molar-refractivity contribution is 5.83. The summed E-state index contributed by atoms with van der Waals surface area (Å²) in [5, 5.41) is 4.68. The minimum atomic E-state index is -4.34. The Labute approximate surface area is 193 Å². The summed E-state index contributed by atoms with van der Waals surface area (Å²) < 4.78 is 41.3. The van der Waals surface area contributed by atoms with Crippen molar-refractivity contribution in [1.82, 2.24) is 44.2 Å². The number of imidazole rings is 1. The lowest BCUT2D eigenvalue weighted by atomic mass is 9.93. The van der Waals surface area contributed by atoms with Crippen molar-refractivity contribution >= 4 is 28.1 Å². The second kappa shape index (κ2) is 8.78. The SMILES string of the molecule is CN(CCN1CCC(c2nn(C)c3nccnc23)CC1)c1ncnc2c1ncn2CC(F)(F)F. The van der Waals surface area contributed by atoms with E-state index in [1.54, 1.807) is 17.1 Å². The number of hydrogen-bond donors (Lipinski definition) is 0. The third-order valence-corrected chi connectivity index (χ3v) is 6.30. The predicted octanol–water partition coefficient (Wildman–Crippen LogP) is 2.38. The lowest BCUT2D eigenvalue weighted by Gasteiger charge is -2.32. The van der Waals surface area contributed by atoms with Gasteiger partial charge in [-0.2, -0.15) is 18.3 Å². The highest BCUT2D eigenvalue weighted by atomic mass is 19.4. The third kappa shape index (κ3) is 4.39. The van der Waals surface area contributed by atoms with Gasteiger partial charge in [0.1, 0.15) is 18.4 Å². The molecule has 180 valence electrons. The Morgan fingerprint density at radius 1 is 1.00 bits per heavy atom. The van der Waals surface area contributed by atoms with Crippen molar-refractivity contribution in [2.75, 3.05) is 38.1 Å². The number of alkyl halides is 3. The Balaban J connectivity index is 1.21. The Morgan fingerprint density at radius 3 is 2.53 bits per heavy atom. The first-order valence-electron chi connectivity index (χ1n) is 11.1. The first-order valence-corrected chi connectivity index (χ1v) is 11.1. The summed E-state index contributed by atoms with van der Waals surface area (Å²) in [7, 11) is 3.76. The van der Waals surface area contributed by atoms with Crippen LogP contribution in [0.15, 0.2) is 25.0 Å². The smallest absolute Gasteiger partial charge is 0.356 e. The Bertz CT molecular complexity index is 1290. The molecule has 0 amide bonds. The molecule has 4 aromatic heterocycles. The van der Waals surface area contributed by atoms with Gasteiger partial charge in [-0.25, -0.2) is 29.6 Å². The van der Waals surface area contributed by atoms with E-state index in [-0.39, 0.29) is 5.65 Å².